The zero-order valence-electron chi connectivity index (χ0n) is 8.14. The van der Waals surface area contributed by atoms with E-state index in [4.69, 9.17) is 14.8 Å². The molecule has 0 spiro atoms. The lowest BCUT2D eigenvalue weighted by Gasteiger charge is -2.17. The molecule has 1 aliphatic rings. The summed E-state index contributed by atoms with van der Waals surface area (Å²) in [5, 5.41) is 12.3. The number of hydrogen-bond donors (Lipinski definition) is 0. The fraction of sp³-hybridized carbons (Fsp3) is 0.273. The van der Waals surface area contributed by atoms with Gasteiger partial charge >= 0.3 is 0 Å². The van der Waals surface area contributed by atoms with Crippen LogP contribution in [0.3, 0.4) is 0 Å². The molecule has 4 nitrogen and oxygen atoms in total. The van der Waals surface area contributed by atoms with Gasteiger partial charge in [0.25, 0.3) is 0 Å². The third-order valence-electron chi connectivity index (χ3n) is 2.10. The van der Waals surface area contributed by atoms with Crippen molar-refractivity contribution in [3.8, 4) is 11.8 Å². The van der Waals surface area contributed by atoms with Crippen molar-refractivity contribution in [1.82, 2.24) is 0 Å². The van der Waals surface area contributed by atoms with E-state index in [1.54, 1.807) is 0 Å². The number of fused-ring (bicyclic) bond motifs is 1. The van der Waals surface area contributed by atoms with Crippen LogP contribution in [0, 0.1) is 11.3 Å². The van der Waals surface area contributed by atoms with Crippen LogP contribution in [0.5, 0.6) is 5.75 Å². The number of hydrogen-bond acceptors (Lipinski definition) is 4. The van der Waals surface area contributed by atoms with Gasteiger partial charge in [-0.05, 0) is 12.1 Å². The van der Waals surface area contributed by atoms with Gasteiger partial charge in [0.2, 0.25) is 6.61 Å². The van der Waals surface area contributed by atoms with E-state index in [1.165, 1.54) is 0 Å². The van der Waals surface area contributed by atoms with Crippen molar-refractivity contribution < 1.29 is 9.57 Å². The highest BCUT2D eigenvalue weighted by Crippen LogP contribution is 2.24. The van der Waals surface area contributed by atoms with Crippen LogP contribution in [-0.4, -0.2) is 18.9 Å². The molecule has 0 aliphatic carbocycles. The SMILES string of the molecule is N#CCO/N=C1/CCOc2ccccc21. The fourth-order valence-electron chi connectivity index (χ4n) is 1.46. The molecule has 4 heteroatoms. The molecule has 0 saturated heterocycles. The van der Waals surface area contributed by atoms with Crippen LogP contribution in [0.4, 0.5) is 0 Å². The van der Waals surface area contributed by atoms with Gasteiger partial charge in [0, 0.05) is 12.0 Å². The summed E-state index contributed by atoms with van der Waals surface area (Å²) in [7, 11) is 0. The van der Waals surface area contributed by atoms with Crippen LogP contribution < -0.4 is 4.74 Å². The van der Waals surface area contributed by atoms with Gasteiger partial charge in [-0.3, -0.25) is 0 Å². The van der Waals surface area contributed by atoms with Crippen LogP contribution in [0.2, 0.25) is 0 Å². The molecule has 0 bridgehead atoms. The highest BCUT2D eigenvalue weighted by Gasteiger charge is 2.16. The quantitative estimate of drug-likeness (QED) is 0.542. The predicted molar refractivity (Wildman–Crippen MR) is 54.7 cm³/mol. The second kappa shape index (κ2) is 4.47. The zero-order chi connectivity index (χ0) is 10.5. The molecule has 2 rings (SSSR count). The largest absolute Gasteiger partial charge is 0.492 e. The first-order chi connectivity index (χ1) is 7.42. The van der Waals surface area contributed by atoms with Gasteiger partial charge in [-0.15, -0.1) is 0 Å². The highest BCUT2D eigenvalue weighted by molar-refractivity contribution is 6.03. The molecule has 0 aromatic heterocycles. The van der Waals surface area contributed by atoms with E-state index in [0.717, 1.165) is 17.0 Å². The fourth-order valence-corrected chi connectivity index (χ4v) is 1.46. The third kappa shape index (κ3) is 2.08. The molecule has 1 aromatic rings. The Balaban J connectivity index is 2.22. The maximum absolute atomic E-state index is 8.32. The Kier molecular flexibility index (Phi) is 2.84. The van der Waals surface area contributed by atoms with Crippen molar-refractivity contribution >= 4 is 5.71 Å². The molecule has 0 amide bonds. The Morgan fingerprint density at radius 2 is 2.33 bits per heavy atom. The molecule has 1 heterocycles. The molecular weight excluding hydrogens is 192 g/mol. The first kappa shape index (κ1) is 9.53. The van der Waals surface area contributed by atoms with E-state index < -0.39 is 0 Å². The molecule has 0 unspecified atom stereocenters. The Morgan fingerprint density at radius 3 is 3.20 bits per heavy atom. The summed E-state index contributed by atoms with van der Waals surface area (Å²) >= 11 is 0. The molecule has 0 atom stereocenters. The number of nitriles is 1. The number of benzene rings is 1. The maximum Gasteiger partial charge on any atom is 0.202 e. The molecule has 76 valence electrons. The van der Waals surface area contributed by atoms with Gasteiger partial charge in [-0.25, -0.2) is 0 Å². The molecule has 0 radical (unpaired) electrons. The number of rotatable bonds is 2. The average molecular weight is 202 g/mol. The minimum atomic E-state index is -0.0213. The molecule has 15 heavy (non-hydrogen) atoms. The molecular formula is C11H10N2O2. The van der Waals surface area contributed by atoms with E-state index in [1.807, 2.05) is 30.3 Å². The number of ether oxygens (including phenoxy) is 1. The number of para-hydroxylation sites is 1. The average Bonchev–Trinajstić information content (AvgIpc) is 2.30. The van der Waals surface area contributed by atoms with E-state index in [2.05, 4.69) is 5.16 Å². The summed E-state index contributed by atoms with van der Waals surface area (Å²) in [5.74, 6) is 0.822. The Hall–Kier alpha value is -2.02. The van der Waals surface area contributed by atoms with Crippen molar-refractivity contribution in [2.45, 2.75) is 6.42 Å². The summed E-state index contributed by atoms with van der Waals surface area (Å²) < 4.78 is 5.46. The van der Waals surface area contributed by atoms with Gasteiger partial charge in [0.05, 0.1) is 12.3 Å². The smallest absolute Gasteiger partial charge is 0.202 e. The summed E-state index contributed by atoms with van der Waals surface area (Å²) in [5.41, 5.74) is 1.79. The summed E-state index contributed by atoms with van der Waals surface area (Å²) in [6.07, 6.45) is 0.711. The maximum atomic E-state index is 8.32. The summed E-state index contributed by atoms with van der Waals surface area (Å²) in [4.78, 5) is 4.85. The first-order valence-electron chi connectivity index (χ1n) is 4.70. The lowest BCUT2D eigenvalue weighted by molar-refractivity contribution is 0.176. The second-order valence-electron chi connectivity index (χ2n) is 3.06. The van der Waals surface area contributed by atoms with Crippen LogP contribution in [0.25, 0.3) is 0 Å². The Labute approximate surface area is 87.7 Å². The second-order valence-corrected chi connectivity index (χ2v) is 3.06. The van der Waals surface area contributed by atoms with Crippen LogP contribution in [0.1, 0.15) is 12.0 Å². The van der Waals surface area contributed by atoms with E-state index in [9.17, 15) is 0 Å². The van der Waals surface area contributed by atoms with Crippen molar-refractivity contribution in [2.75, 3.05) is 13.2 Å². The lowest BCUT2D eigenvalue weighted by atomic mass is 10.0. The van der Waals surface area contributed by atoms with Crippen molar-refractivity contribution in [3.63, 3.8) is 0 Å². The van der Waals surface area contributed by atoms with Crippen molar-refractivity contribution in [1.29, 1.82) is 5.26 Å². The monoisotopic (exact) mass is 202 g/mol. The third-order valence-corrected chi connectivity index (χ3v) is 2.10. The number of nitrogens with zero attached hydrogens (tertiary/aromatic N) is 2. The zero-order valence-corrected chi connectivity index (χ0v) is 8.14. The highest BCUT2D eigenvalue weighted by atomic mass is 16.6. The van der Waals surface area contributed by atoms with Crippen molar-refractivity contribution in [3.05, 3.63) is 29.8 Å². The minimum absolute atomic E-state index is 0.0213. The predicted octanol–water partition coefficient (Wildman–Crippen LogP) is 1.71. The van der Waals surface area contributed by atoms with Gasteiger partial charge in [0.1, 0.15) is 11.8 Å². The first-order valence-corrected chi connectivity index (χ1v) is 4.70. The molecule has 0 fully saturated rings. The van der Waals surface area contributed by atoms with Crippen LogP contribution in [-0.2, 0) is 4.84 Å². The van der Waals surface area contributed by atoms with Crippen LogP contribution in [0.15, 0.2) is 29.4 Å². The number of oxime groups is 1. The normalized spacial score (nSPS) is 16.3. The topological polar surface area (TPSA) is 54.6 Å². The lowest BCUT2D eigenvalue weighted by Crippen LogP contribution is -2.16. The Morgan fingerprint density at radius 1 is 1.47 bits per heavy atom. The van der Waals surface area contributed by atoms with Gasteiger partial charge < -0.3 is 9.57 Å². The minimum Gasteiger partial charge on any atom is -0.492 e. The van der Waals surface area contributed by atoms with Crippen molar-refractivity contribution in [2.24, 2.45) is 5.16 Å². The molecule has 1 aromatic carbocycles. The summed E-state index contributed by atoms with van der Waals surface area (Å²) in [6, 6.07) is 9.54. The summed E-state index contributed by atoms with van der Waals surface area (Å²) in [6.45, 7) is 0.582. The van der Waals surface area contributed by atoms with Gasteiger partial charge in [-0.1, -0.05) is 17.3 Å². The molecule has 0 N–H and O–H groups in total. The molecule has 1 aliphatic heterocycles. The van der Waals surface area contributed by atoms with E-state index >= 15 is 0 Å². The van der Waals surface area contributed by atoms with Crippen LogP contribution >= 0.6 is 0 Å². The standard InChI is InChI=1S/C11H10N2O2/c12-6-8-15-13-10-5-7-14-11-4-2-1-3-9(10)11/h1-4H,5,7-8H2/b13-10-. The Bertz CT molecular complexity index is 421. The molecule has 0 saturated carbocycles. The van der Waals surface area contributed by atoms with Gasteiger partial charge in [0.15, 0.2) is 0 Å². The van der Waals surface area contributed by atoms with E-state index in [-0.39, 0.29) is 6.61 Å². The van der Waals surface area contributed by atoms with E-state index in [0.29, 0.717) is 13.0 Å². The van der Waals surface area contributed by atoms with Gasteiger partial charge in [-0.2, -0.15) is 5.26 Å².